The molecule has 152 valence electrons. The van der Waals surface area contributed by atoms with Gasteiger partial charge in [-0.25, -0.2) is 4.39 Å². The zero-order valence-electron chi connectivity index (χ0n) is 15.9. The van der Waals surface area contributed by atoms with E-state index in [0.717, 1.165) is 5.56 Å². The van der Waals surface area contributed by atoms with Crippen LogP contribution in [0.3, 0.4) is 0 Å². The number of aliphatic imine (C=N–C) groups is 1. The van der Waals surface area contributed by atoms with Crippen LogP contribution in [0.1, 0.15) is 5.56 Å². The molecule has 0 aliphatic rings. The van der Waals surface area contributed by atoms with Crippen molar-refractivity contribution in [2.45, 2.75) is 6.54 Å². The number of hydrogen-bond donors (Lipinski definition) is 3. The zero-order chi connectivity index (χ0) is 19.6. The van der Waals surface area contributed by atoms with E-state index in [9.17, 15) is 9.18 Å². The highest BCUT2D eigenvalue weighted by Gasteiger charge is 2.08. The van der Waals surface area contributed by atoms with Crippen molar-refractivity contribution in [1.82, 2.24) is 10.6 Å². The Bertz CT molecular complexity index is 818. The minimum absolute atomic E-state index is 0. The summed E-state index contributed by atoms with van der Waals surface area (Å²) in [5, 5.41) is 8.62. The number of halogens is 2. The molecule has 0 radical (unpaired) electrons. The average Bonchev–Trinajstić information content (AvgIpc) is 2.68. The molecule has 0 saturated heterocycles. The molecular formula is C19H24FIN4O3. The Morgan fingerprint density at radius 3 is 2.54 bits per heavy atom. The minimum Gasteiger partial charge on any atom is -0.497 e. The van der Waals surface area contributed by atoms with Crippen molar-refractivity contribution in [2.75, 3.05) is 33.1 Å². The molecule has 2 aromatic rings. The van der Waals surface area contributed by atoms with E-state index in [2.05, 4.69) is 20.9 Å². The normalized spacial score (nSPS) is 10.5. The van der Waals surface area contributed by atoms with Gasteiger partial charge in [-0.3, -0.25) is 9.79 Å². The first kappa shape index (κ1) is 23.5. The Kier molecular flexibility index (Phi) is 10.1. The first-order chi connectivity index (χ1) is 13.0. The van der Waals surface area contributed by atoms with Gasteiger partial charge < -0.3 is 25.4 Å². The van der Waals surface area contributed by atoms with Crippen LogP contribution in [-0.4, -0.2) is 39.7 Å². The topological polar surface area (TPSA) is 84.0 Å². The van der Waals surface area contributed by atoms with Crippen molar-refractivity contribution in [3.8, 4) is 11.5 Å². The molecule has 0 fully saturated rings. The Balaban J connectivity index is 0.00000392. The first-order valence-corrected chi connectivity index (χ1v) is 8.26. The molecule has 0 spiro atoms. The maximum atomic E-state index is 13.1. The third-order valence-electron chi connectivity index (χ3n) is 3.69. The molecule has 2 rings (SSSR count). The lowest BCUT2D eigenvalue weighted by atomic mass is 10.2. The second kappa shape index (κ2) is 12.0. The summed E-state index contributed by atoms with van der Waals surface area (Å²) in [4.78, 5) is 16.1. The molecule has 0 aromatic heterocycles. The lowest BCUT2D eigenvalue weighted by Gasteiger charge is -2.14. The van der Waals surface area contributed by atoms with Gasteiger partial charge in [-0.2, -0.15) is 0 Å². The fraction of sp³-hybridized carbons (Fsp3) is 0.263. The lowest BCUT2D eigenvalue weighted by Crippen LogP contribution is -2.41. The molecule has 0 saturated carbocycles. The summed E-state index contributed by atoms with van der Waals surface area (Å²) in [6.07, 6.45) is 0. The highest BCUT2D eigenvalue weighted by Crippen LogP contribution is 2.24. The number of carbonyl (C=O) groups excluding carboxylic acids is 1. The molecule has 9 heteroatoms. The SMILES string of the molecule is CN=C(NCC(=O)Nc1cccc(F)c1)NCc1ccc(OC)cc1OC.I. The fourth-order valence-electron chi connectivity index (χ4n) is 2.33. The van der Waals surface area contributed by atoms with E-state index in [0.29, 0.717) is 29.7 Å². The molecule has 0 aliphatic carbocycles. The van der Waals surface area contributed by atoms with Gasteiger partial charge in [0.2, 0.25) is 5.91 Å². The van der Waals surface area contributed by atoms with Crippen LogP contribution < -0.4 is 25.4 Å². The van der Waals surface area contributed by atoms with E-state index >= 15 is 0 Å². The number of benzene rings is 2. The third kappa shape index (κ3) is 7.22. The summed E-state index contributed by atoms with van der Waals surface area (Å²) < 4.78 is 23.7. The molecule has 3 N–H and O–H groups in total. The van der Waals surface area contributed by atoms with Crippen molar-refractivity contribution in [3.63, 3.8) is 0 Å². The van der Waals surface area contributed by atoms with Gasteiger partial charge in [-0.1, -0.05) is 6.07 Å². The lowest BCUT2D eigenvalue weighted by molar-refractivity contribution is -0.115. The van der Waals surface area contributed by atoms with Crippen LogP contribution in [0.4, 0.5) is 10.1 Å². The van der Waals surface area contributed by atoms with Gasteiger partial charge in [0.05, 0.1) is 20.8 Å². The van der Waals surface area contributed by atoms with Crippen molar-refractivity contribution in [3.05, 3.63) is 53.8 Å². The van der Waals surface area contributed by atoms with Crippen LogP contribution in [0.15, 0.2) is 47.5 Å². The number of guanidine groups is 1. The number of rotatable bonds is 7. The number of amides is 1. The van der Waals surface area contributed by atoms with Crippen LogP contribution in [-0.2, 0) is 11.3 Å². The summed E-state index contributed by atoms with van der Waals surface area (Å²) in [5.74, 6) is 1.10. The molecule has 0 atom stereocenters. The molecule has 0 aliphatic heterocycles. The predicted octanol–water partition coefficient (Wildman–Crippen LogP) is 2.76. The molecule has 2 aromatic carbocycles. The van der Waals surface area contributed by atoms with Gasteiger partial charge >= 0.3 is 0 Å². The van der Waals surface area contributed by atoms with E-state index < -0.39 is 5.82 Å². The van der Waals surface area contributed by atoms with Crippen molar-refractivity contribution < 1.29 is 18.7 Å². The van der Waals surface area contributed by atoms with Crippen molar-refractivity contribution in [1.29, 1.82) is 0 Å². The number of carbonyl (C=O) groups is 1. The Hall–Kier alpha value is -2.56. The van der Waals surface area contributed by atoms with Crippen molar-refractivity contribution in [2.24, 2.45) is 4.99 Å². The van der Waals surface area contributed by atoms with E-state index in [-0.39, 0.29) is 36.4 Å². The van der Waals surface area contributed by atoms with Crippen LogP contribution in [0, 0.1) is 5.82 Å². The molecule has 0 unspecified atom stereocenters. The van der Waals surface area contributed by atoms with E-state index in [1.54, 1.807) is 33.4 Å². The number of nitrogens with one attached hydrogen (secondary N) is 3. The average molecular weight is 502 g/mol. The van der Waals surface area contributed by atoms with Gasteiger partial charge in [0.15, 0.2) is 5.96 Å². The Morgan fingerprint density at radius 1 is 1.11 bits per heavy atom. The van der Waals surface area contributed by atoms with Gasteiger partial charge in [-0.15, -0.1) is 24.0 Å². The summed E-state index contributed by atoms with van der Waals surface area (Å²) in [6.45, 7) is 0.425. The second-order valence-corrected chi connectivity index (χ2v) is 5.52. The van der Waals surface area contributed by atoms with Crippen LogP contribution >= 0.6 is 24.0 Å². The first-order valence-electron chi connectivity index (χ1n) is 8.26. The number of anilines is 1. The zero-order valence-corrected chi connectivity index (χ0v) is 18.2. The number of hydrogen-bond acceptors (Lipinski definition) is 4. The van der Waals surface area contributed by atoms with Gasteiger partial charge in [0, 0.05) is 30.9 Å². The van der Waals surface area contributed by atoms with E-state index in [4.69, 9.17) is 9.47 Å². The van der Waals surface area contributed by atoms with Crippen LogP contribution in [0.25, 0.3) is 0 Å². The molecule has 7 nitrogen and oxygen atoms in total. The molecule has 0 heterocycles. The fourth-order valence-corrected chi connectivity index (χ4v) is 2.33. The van der Waals surface area contributed by atoms with Gasteiger partial charge in [0.1, 0.15) is 17.3 Å². The maximum Gasteiger partial charge on any atom is 0.243 e. The quantitative estimate of drug-likeness (QED) is 0.308. The molecular weight excluding hydrogens is 478 g/mol. The minimum atomic E-state index is -0.410. The predicted molar refractivity (Wildman–Crippen MR) is 118 cm³/mol. The number of ether oxygens (including phenoxy) is 2. The largest absolute Gasteiger partial charge is 0.497 e. The molecule has 0 bridgehead atoms. The summed E-state index contributed by atoms with van der Waals surface area (Å²) in [5.41, 5.74) is 1.30. The van der Waals surface area contributed by atoms with Crippen LogP contribution in [0.2, 0.25) is 0 Å². The van der Waals surface area contributed by atoms with Gasteiger partial charge in [-0.05, 0) is 30.3 Å². The molecule has 1 amide bonds. The standard InChI is InChI=1S/C19H23FN4O3.HI/c1-21-19(22-11-13-7-8-16(26-2)10-17(13)27-3)23-12-18(25)24-15-6-4-5-14(20)9-15;/h4-10H,11-12H2,1-3H3,(H,24,25)(H2,21,22,23);1H. The highest BCUT2D eigenvalue weighted by molar-refractivity contribution is 14.0. The number of nitrogens with zero attached hydrogens (tertiary/aromatic N) is 1. The Labute approximate surface area is 180 Å². The van der Waals surface area contributed by atoms with E-state index in [1.165, 1.54) is 18.2 Å². The highest BCUT2D eigenvalue weighted by atomic mass is 127. The molecule has 28 heavy (non-hydrogen) atoms. The number of methoxy groups -OCH3 is 2. The summed E-state index contributed by atoms with van der Waals surface area (Å²) in [6, 6.07) is 11.2. The van der Waals surface area contributed by atoms with E-state index in [1.807, 2.05) is 12.1 Å². The van der Waals surface area contributed by atoms with Gasteiger partial charge in [0.25, 0.3) is 0 Å². The summed E-state index contributed by atoms with van der Waals surface area (Å²) >= 11 is 0. The monoisotopic (exact) mass is 502 g/mol. The Morgan fingerprint density at radius 2 is 1.89 bits per heavy atom. The second-order valence-electron chi connectivity index (χ2n) is 5.52. The third-order valence-corrected chi connectivity index (χ3v) is 3.69. The smallest absolute Gasteiger partial charge is 0.243 e. The maximum absolute atomic E-state index is 13.1. The summed E-state index contributed by atoms with van der Waals surface area (Å²) in [7, 11) is 4.78. The van der Waals surface area contributed by atoms with Crippen LogP contribution in [0.5, 0.6) is 11.5 Å². The van der Waals surface area contributed by atoms with Crippen molar-refractivity contribution >= 4 is 41.5 Å².